The minimum absolute atomic E-state index is 0.663. The summed E-state index contributed by atoms with van der Waals surface area (Å²) in [4.78, 5) is 0. The lowest BCUT2D eigenvalue weighted by Crippen LogP contribution is -2.23. The molecule has 1 heterocycles. The van der Waals surface area contributed by atoms with Crippen LogP contribution in [0.2, 0.25) is 0 Å². The first-order valence-corrected chi connectivity index (χ1v) is 7.40. The molecule has 1 aromatic heterocycles. The number of fused-ring (bicyclic) bond motifs is 2. The van der Waals surface area contributed by atoms with Gasteiger partial charge in [0.1, 0.15) is 16.9 Å². The van der Waals surface area contributed by atoms with Crippen LogP contribution in [0.3, 0.4) is 0 Å². The van der Waals surface area contributed by atoms with Gasteiger partial charge in [0.15, 0.2) is 0 Å². The Morgan fingerprint density at radius 2 is 1.95 bits per heavy atom. The molecule has 3 aromatic rings. The number of aliphatic hydroxyl groups is 1. The van der Waals surface area contributed by atoms with Crippen molar-refractivity contribution in [2.45, 2.75) is 32.3 Å². The maximum absolute atomic E-state index is 11.2. The van der Waals surface area contributed by atoms with E-state index in [1.165, 1.54) is 11.1 Å². The van der Waals surface area contributed by atoms with Crippen LogP contribution in [0.25, 0.3) is 11.0 Å². The fourth-order valence-electron chi connectivity index (χ4n) is 3.41. The number of aryl methyl sites for hydroxylation is 3. The largest absolute Gasteiger partial charge is 0.457 e. The molecule has 21 heavy (non-hydrogen) atoms. The molecule has 1 aliphatic carbocycles. The number of para-hydroxylation sites is 1. The fourth-order valence-corrected chi connectivity index (χ4v) is 3.41. The van der Waals surface area contributed by atoms with Gasteiger partial charge in [0, 0.05) is 5.39 Å². The van der Waals surface area contributed by atoms with Crippen molar-refractivity contribution in [1.29, 1.82) is 0 Å². The Kier molecular flexibility index (Phi) is 2.54. The Labute approximate surface area is 124 Å². The van der Waals surface area contributed by atoms with Crippen molar-refractivity contribution in [1.82, 2.24) is 0 Å². The zero-order chi connectivity index (χ0) is 14.6. The molecule has 0 saturated heterocycles. The second-order valence-corrected chi connectivity index (χ2v) is 6.12. The van der Waals surface area contributed by atoms with E-state index in [1.54, 1.807) is 0 Å². The van der Waals surface area contributed by atoms with E-state index in [1.807, 2.05) is 31.2 Å². The summed E-state index contributed by atoms with van der Waals surface area (Å²) in [5, 5.41) is 12.3. The highest BCUT2D eigenvalue weighted by atomic mass is 16.4. The minimum Gasteiger partial charge on any atom is -0.457 e. The highest BCUT2D eigenvalue weighted by molar-refractivity contribution is 5.81. The van der Waals surface area contributed by atoms with Crippen LogP contribution >= 0.6 is 0 Å². The lowest BCUT2D eigenvalue weighted by Gasteiger charge is -2.21. The smallest absolute Gasteiger partial charge is 0.148 e. The van der Waals surface area contributed by atoms with Crippen molar-refractivity contribution in [3.05, 3.63) is 70.5 Å². The normalized spacial score (nSPS) is 20.9. The summed E-state index contributed by atoms with van der Waals surface area (Å²) in [5.41, 5.74) is 4.37. The van der Waals surface area contributed by atoms with Gasteiger partial charge in [-0.1, -0.05) is 42.0 Å². The maximum Gasteiger partial charge on any atom is 0.148 e. The molecule has 1 unspecified atom stereocenters. The number of furan rings is 1. The second kappa shape index (κ2) is 4.22. The van der Waals surface area contributed by atoms with Crippen molar-refractivity contribution in [3.8, 4) is 0 Å². The monoisotopic (exact) mass is 278 g/mol. The molecular formula is C19H18O2. The van der Waals surface area contributed by atoms with Crippen LogP contribution in [0.4, 0.5) is 0 Å². The van der Waals surface area contributed by atoms with E-state index < -0.39 is 5.60 Å². The quantitative estimate of drug-likeness (QED) is 0.722. The van der Waals surface area contributed by atoms with E-state index in [2.05, 4.69) is 25.1 Å². The van der Waals surface area contributed by atoms with Crippen LogP contribution < -0.4 is 0 Å². The van der Waals surface area contributed by atoms with Crippen LogP contribution in [-0.4, -0.2) is 5.11 Å². The van der Waals surface area contributed by atoms with Gasteiger partial charge < -0.3 is 9.52 Å². The lowest BCUT2D eigenvalue weighted by atomic mass is 9.92. The summed E-state index contributed by atoms with van der Waals surface area (Å²) < 4.78 is 6.03. The zero-order valence-electron chi connectivity index (χ0n) is 12.3. The van der Waals surface area contributed by atoms with Crippen molar-refractivity contribution in [2.24, 2.45) is 0 Å². The van der Waals surface area contributed by atoms with Crippen molar-refractivity contribution < 1.29 is 9.52 Å². The lowest BCUT2D eigenvalue weighted by molar-refractivity contribution is 0.0604. The molecule has 0 spiro atoms. The average molecular weight is 278 g/mol. The molecule has 2 aromatic carbocycles. The molecule has 0 saturated carbocycles. The average Bonchev–Trinajstić information content (AvgIpc) is 3.04. The maximum atomic E-state index is 11.2. The van der Waals surface area contributed by atoms with Gasteiger partial charge in [0.2, 0.25) is 0 Å². The van der Waals surface area contributed by atoms with E-state index in [0.717, 1.165) is 28.5 Å². The van der Waals surface area contributed by atoms with E-state index in [0.29, 0.717) is 12.2 Å². The molecule has 2 heteroatoms. The topological polar surface area (TPSA) is 33.4 Å². The van der Waals surface area contributed by atoms with Crippen LogP contribution in [0, 0.1) is 13.8 Å². The van der Waals surface area contributed by atoms with E-state index in [4.69, 9.17) is 4.42 Å². The predicted molar refractivity (Wildman–Crippen MR) is 83.4 cm³/mol. The minimum atomic E-state index is -0.993. The SMILES string of the molecule is Cc1ccc2c(c1)C(O)(c1cc3cccc(C)c3o1)CC2. The molecule has 0 bridgehead atoms. The van der Waals surface area contributed by atoms with Gasteiger partial charge >= 0.3 is 0 Å². The van der Waals surface area contributed by atoms with Crippen LogP contribution in [0.5, 0.6) is 0 Å². The van der Waals surface area contributed by atoms with Crippen LogP contribution in [0.1, 0.15) is 34.4 Å². The molecule has 2 nitrogen and oxygen atoms in total. The molecule has 4 rings (SSSR count). The summed E-state index contributed by atoms with van der Waals surface area (Å²) in [6.07, 6.45) is 1.58. The highest BCUT2D eigenvalue weighted by Crippen LogP contribution is 2.44. The Morgan fingerprint density at radius 1 is 1.10 bits per heavy atom. The third kappa shape index (κ3) is 1.76. The summed E-state index contributed by atoms with van der Waals surface area (Å²) in [5.74, 6) is 0.663. The number of hydrogen-bond acceptors (Lipinski definition) is 2. The van der Waals surface area contributed by atoms with Gasteiger partial charge in [-0.05, 0) is 49.4 Å². The number of hydrogen-bond donors (Lipinski definition) is 1. The zero-order valence-corrected chi connectivity index (χ0v) is 12.3. The molecule has 0 aliphatic heterocycles. The number of rotatable bonds is 1. The van der Waals surface area contributed by atoms with Crippen LogP contribution in [0.15, 0.2) is 46.9 Å². The number of benzene rings is 2. The second-order valence-electron chi connectivity index (χ2n) is 6.12. The predicted octanol–water partition coefficient (Wildman–Crippen LogP) is 4.23. The fraction of sp³-hybridized carbons (Fsp3) is 0.263. The standard InChI is InChI=1S/C19H18O2/c1-12-6-7-14-8-9-19(20,16(14)10-12)17-11-15-5-3-4-13(2)18(15)21-17/h3-7,10-11,20H,8-9H2,1-2H3. The van der Waals surface area contributed by atoms with Gasteiger partial charge in [-0.15, -0.1) is 0 Å². The van der Waals surface area contributed by atoms with Gasteiger partial charge in [-0.25, -0.2) is 0 Å². The Bertz CT molecular complexity index is 844. The summed E-state index contributed by atoms with van der Waals surface area (Å²) >= 11 is 0. The van der Waals surface area contributed by atoms with E-state index >= 15 is 0 Å². The van der Waals surface area contributed by atoms with Crippen molar-refractivity contribution in [3.63, 3.8) is 0 Å². The van der Waals surface area contributed by atoms with Gasteiger partial charge in [-0.2, -0.15) is 0 Å². The Balaban J connectivity index is 1.93. The van der Waals surface area contributed by atoms with Gasteiger partial charge in [0.25, 0.3) is 0 Å². The molecule has 106 valence electrons. The summed E-state index contributed by atoms with van der Waals surface area (Å²) in [7, 11) is 0. The van der Waals surface area contributed by atoms with Gasteiger partial charge in [-0.3, -0.25) is 0 Å². The third-order valence-corrected chi connectivity index (χ3v) is 4.62. The molecule has 0 amide bonds. The molecular weight excluding hydrogens is 260 g/mol. The van der Waals surface area contributed by atoms with E-state index in [9.17, 15) is 5.11 Å². The molecule has 1 atom stereocenters. The van der Waals surface area contributed by atoms with Gasteiger partial charge in [0.05, 0.1) is 0 Å². The van der Waals surface area contributed by atoms with Crippen LogP contribution in [-0.2, 0) is 12.0 Å². The molecule has 0 radical (unpaired) electrons. The Morgan fingerprint density at radius 3 is 2.76 bits per heavy atom. The molecule has 1 N–H and O–H groups in total. The molecule has 0 fully saturated rings. The first-order chi connectivity index (χ1) is 10.1. The Hall–Kier alpha value is -2.06. The highest BCUT2D eigenvalue weighted by Gasteiger charge is 2.41. The van der Waals surface area contributed by atoms with E-state index in [-0.39, 0.29) is 0 Å². The third-order valence-electron chi connectivity index (χ3n) is 4.62. The van der Waals surface area contributed by atoms with Crippen molar-refractivity contribution in [2.75, 3.05) is 0 Å². The van der Waals surface area contributed by atoms with Crippen molar-refractivity contribution >= 4 is 11.0 Å². The first kappa shape index (κ1) is 12.7. The summed E-state index contributed by atoms with van der Waals surface area (Å²) in [6.45, 7) is 4.09. The molecule has 1 aliphatic rings. The first-order valence-electron chi connectivity index (χ1n) is 7.40. The summed E-state index contributed by atoms with van der Waals surface area (Å²) in [6, 6.07) is 14.4.